The SMILES string of the molecule is Cc1ccc(S(=O)(=O)N2CCC[C@@H](Nc3ncc4nc(Nc5c(F)cc(C#N)cc5F)n([C@H]5CC[C@H](C(N)=O)CC5)c4n3)C2)cc1. The van der Waals surface area contributed by atoms with Crippen molar-refractivity contribution in [1.82, 2.24) is 23.8 Å². The number of benzene rings is 2. The summed E-state index contributed by atoms with van der Waals surface area (Å²) in [7, 11) is -3.69. The summed E-state index contributed by atoms with van der Waals surface area (Å²) >= 11 is 0. The number of nitrogens with zero attached hydrogens (tertiary/aromatic N) is 6. The number of carbonyl (C=O) groups is 1. The Labute approximate surface area is 264 Å². The van der Waals surface area contributed by atoms with Crippen LogP contribution in [0.3, 0.4) is 0 Å². The molecular formula is C31H33F2N9O3S. The van der Waals surface area contributed by atoms with Crippen LogP contribution in [0.15, 0.2) is 47.5 Å². The van der Waals surface area contributed by atoms with E-state index in [2.05, 4.69) is 20.6 Å². The second-order valence-corrected chi connectivity index (χ2v) is 13.8. The van der Waals surface area contributed by atoms with Gasteiger partial charge in [0.1, 0.15) is 11.2 Å². The zero-order valence-electron chi connectivity index (χ0n) is 25.1. The number of nitrogens with two attached hydrogens (primary N) is 1. The van der Waals surface area contributed by atoms with E-state index in [1.807, 2.05) is 6.92 Å². The minimum absolute atomic E-state index is 0.125. The summed E-state index contributed by atoms with van der Waals surface area (Å²) in [5.74, 6) is -2.17. The summed E-state index contributed by atoms with van der Waals surface area (Å²) in [5, 5.41) is 15.1. The highest BCUT2D eigenvalue weighted by Crippen LogP contribution is 2.37. The van der Waals surface area contributed by atoms with Gasteiger partial charge < -0.3 is 16.4 Å². The molecule has 0 radical (unpaired) electrons. The molecule has 1 amide bonds. The third kappa shape index (κ3) is 6.22. The Kier molecular flexibility index (Phi) is 8.58. The van der Waals surface area contributed by atoms with Crippen LogP contribution in [-0.2, 0) is 14.8 Å². The number of anilines is 3. The number of hydrogen-bond donors (Lipinski definition) is 3. The first-order chi connectivity index (χ1) is 22.0. The van der Waals surface area contributed by atoms with Crippen molar-refractivity contribution in [3.63, 3.8) is 0 Å². The van der Waals surface area contributed by atoms with Crippen molar-refractivity contribution in [3.8, 4) is 6.07 Å². The number of amides is 1. The van der Waals surface area contributed by atoms with Crippen LogP contribution in [-0.4, -0.2) is 57.3 Å². The topological polar surface area (TPSA) is 172 Å². The van der Waals surface area contributed by atoms with Crippen LogP contribution in [0.1, 0.15) is 55.7 Å². The lowest BCUT2D eigenvalue weighted by atomic mass is 9.85. The number of aryl methyl sites for hydroxylation is 1. The molecule has 3 heterocycles. The molecule has 0 unspecified atom stereocenters. The number of imidazole rings is 1. The van der Waals surface area contributed by atoms with Gasteiger partial charge in [-0.3, -0.25) is 9.36 Å². The molecule has 2 aromatic carbocycles. The first-order valence-electron chi connectivity index (χ1n) is 15.1. The summed E-state index contributed by atoms with van der Waals surface area (Å²) in [6.45, 7) is 2.51. The monoisotopic (exact) mass is 649 g/mol. The Bertz CT molecular complexity index is 1910. The third-order valence-electron chi connectivity index (χ3n) is 8.68. The maximum atomic E-state index is 14.9. The van der Waals surface area contributed by atoms with Gasteiger partial charge in [0.25, 0.3) is 0 Å². The standard InChI is InChI=1S/C31H33F2N9O3S/c1-18-4-10-23(11-5-18)46(44,45)41-12-2-3-21(17-41)37-30-36-16-26-29(40-30)42(22-8-6-20(7-9-22)28(35)43)31(38-26)39-27-24(32)13-19(15-34)14-25(27)33/h4-5,10-11,13-14,16,20-22H,2-3,6-9,12,17H2,1H3,(H2,35,43)(H,38,39)(H,36,37,40)/t20-,21-,22-/m1/s1. The molecule has 12 nitrogen and oxygen atoms in total. The third-order valence-corrected chi connectivity index (χ3v) is 10.6. The lowest BCUT2D eigenvalue weighted by molar-refractivity contribution is -0.122. The van der Waals surface area contributed by atoms with Gasteiger partial charge in [-0.2, -0.15) is 14.6 Å². The molecule has 1 atom stereocenters. The number of piperidine rings is 1. The van der Waals surface area contributed by atoms with Gasteiger partial charge in [-0.05, 0) is 69.7 Å². The number of nitrogens with one attached hydrogen (secondary N) is 2. The van der Waals surface area contributed by atoms with E-state index in [-0.39, 0.29) is 52.8 Å². The van der Waals surface area contributed by atoms with Crippen LogP contribution < -0.4 is 16.4 Å². The van der Waals surface area contributed by atoms with E-state index in [4.69, 9.17) is 16.0 Å². The average Bonchev–Trinajstić information content (AvgIpc) is 3.40. The van der Waals surface area contributed by atoms with E-state index in [1.54, 1.807) is 34.9 Å². The fraction of sp³-hybridized carbons (Fsp3) is 0.387. The second kappa shape index (κ2) is 12.6. The molecule has 15 heteroatoms. The van der Waals surface area contributed by atoms with Crippen molar-refractivity contribution in [1.29, 1.82) is 5.26 Å². The molecule has 2 aliphatic rings. The average molecular weight is 650 g/mol. The Balaban J connectivity index is 1.30. The summed E-state index contributed by atoms with van der Waals surface area (Å²) in [4.78, 5) is 25.8. The molecule has 4 aromatic rings. The number of primary amides is 1. The number of halogens is 2. The molecule has 4 N–H and O–H groups in total. The van der Waals surface area contributed by atoms with Gasteiger partial charge in [0.05, 0.1) is 22.7 Å². The first kappa shape index (κ1) is 31.3. The number of nitriles is 1. The molecule has 1 aliphatic heterocycles. The molecule has 2 fully saturated rings. The zero-order chi connectivity index (χ0) is 32.6. The number of sulfonamides is 1. The van der Waals surface area contributed by atoms with E-state index >= 15 is 0 Å². The van der Waals surface area contributed by atoms with Gasteiger partial charge in [-0.15, -0.1) is 0 Å². The Morgan fingerprint density at radius 1 is 1.07 bits per heavy atom. The number of aromatic nitrogens is 4. The second-order valence-electron chi connectivity index (χ2n) is 11.8. The zero-order valence-corrected chi connectivity index (χ0v) is 25.9. The highest BCUT2D eigenvalue weighted by atomic mass is 32.2. The molecule has 2 aromatic heterocycles. The fourth-order valence-corrected chi connectivity index (χ4v) is 7.73. The van der Waals surface area contributed by atoms with E-state index in [0.717, 1.165) is 17.7 Å². The molecule has 0 spiro atoms. The van der Waals surface area contributed by atoms with Crippen LogP contribution in [0.5, 0.6) is 0 Å². The maximum Gasteiger partial charge on any atom is 0.243 e. The number of fused-ring (bicyclic) bond motifs is 1. The lowest BCUT2D eigenvalue weighted by Crippen LogP contribution is -2.45. The summed E-state index contributed by atoms with van der Waals surface area (Å²) < 4.78 is 59.7. The van der Waals surface area contributed by atoms with Gasteiger partial charge in [0.15, 0.2) is 17.3 Å². The summed E-state index contributed by atoms with van der Waals surface area (Å²) in [6.07, 6.45) is 4.99. The van der Waals surface area contributed by atoms with Crippen LogP contribution in [0.2, 0.25) is 0 Å². The molecular weight excluding hydrogens is 616 g/mol. The van der Waals surface area contributed by atoms with Gasteiger partial charge in [0, 0.05) is 31.1 Å². The number of rotatable bonds is 8. The normalized spacial score (nSPS) is 20.7. The van der Waals surface area contributed by atoms with Crippen molar-refractivity contribution in [2.75, 3.05) is 23.7 Å². The number of carbonyl (C=O) groups excluding carboxylic acids is 1. The molecule has 240 valence electrons. The van der Waals surface area contributed by atoms with Gasteiger partial charge >= 0.3 is 0 Å². The summed E-state index contributed by atoms with van der Waals surface area (Å²) in [5.41, 5.74) is 6.66. The largest absolute Gasteiger partial charge is 0.369 e. The van der Waals surface area contributed by atoms with E-state index in [0.29, 0.717) is 56.2 Å². The summed E-state index contributed by atoms with van der Waals surface area (Å²) in [6, 6.07) is 9.87. The van der Waals surface area contributed by atoms with Crippen LogP contribution in [0.4, 0.5) is 26.4 Å². The van der Waals surface area contributed by atoms with Crippen LogP contribution in [0.25, 0.3) is 11.2 Å². The van der Waals surface area contributed by atoms with Crippen molar-refractivity contribution in [3.05, 3.63) is 65.4 Å². The smallest absolute Gasteiger partial charge is 0.243 e. The van der Waals surface area contributed by atoms with E-state index in [9.17, 15) is 22.0 Å². The van der Waals surface area contributed by atoms with E-state index < -0.39 is 27.3 Å². The molecule has 46 heavy (non-hydrogen) atoms. The van der Waals surface area contributed by atoms with Crippen molar-refractivity contribution >= 4 is 44.7 Å². The quantitative estimate of drug-likeness (QED) is 0.248. The van der Waals surface area contributed by atoms with Gasteiger partial charge in [-0.1, -0.05) is 17.7 Å². The molecule has 0 bridgehead atoms. The Hall–Kier alpha value is -4.68. The predicted molar refractivity (Wildman–Crippen MR) is 166 cm³/mol. The van der Waals surface area contributed by atoms with Crippen molar-refractivity contribution < 1.29 is 22.0 Å². The van der Waals surface area contributed by atoms with Crippen LogP contribution >= 0.6 is 0 Å². The Morgan fingerprint density at radius 3 is 2.41 bits per heavy atom. The molecule has 1 aliphatic carbocycles. The lowest BCUT2D eigenvalue weighted by Gasteiger charge is -2.32. The molecule has 1 saturated heterocycles. The fourth-order valence-electron chi connectivity index (χ4n) is 6.20. The number of hydrogen-bond acceptors (Lipinski definition) is 9. The van der Waals surface area contributed by atoms with Gasteiger partial charge in [-0.25, -0.2) is 27.2 Å². The van der Waals surface area contributed by atoms with Gasteiger partial charge in [0.2, 0.25) is 27.8 Å². The highest BCUT2D eigenvalue weighted by molar-refractivity contribution is 7.89. The van der Waals surface area contributed by atoms with Crippen molar-refractivity contribution in [2.24, 2.45) is 11.7 Å². The molecule has 6 rings (SSSR count). The first-order valence-corrected chi connectivity index (χ1v) is 16.5. The van der Waals surface area contributed by atoms with Crippen molar-refractivity contribution in [2.45, 2.75) is 62.4 Å². The van der Waals surface area contributed by atoms with Crippen LogP contribution in [0, 0.1) is 35.8 Å². The predicted octanol–water partition coefficient (Wildman–Crippen LogP) is 4.51. The highest BCUT2D eigenvalue weighted by Gasteiger charge is 2.32. The minimum Gasteiger partial charge on any atom is -0.369 e. The van der Waals surface area contributed by atoms with E-state index in [1.165, 1.54) is 10.5 Å². The molecule has 1 saturated carbocycles. The maximum absolute atomic E-state index is 14.9. The minimum atomic E-state index is -3.69. The Morgan fingerprint density at radius 2 is 1.76 bits per heavy atom.